The Kier molecular flexibility index (Phi) is 5.64. The van der Waals surface area contributed by atoms with Crippen LogP contribution in [0.15, 0.2) is 65.6 Å². The number of nitro benzene ring substituents is 1. The van der Waals surface area contributed by atoms with Crippen molar-refractivity contribution in [3.63, 3.8) is 0 Å². The largest absolute Gasteiger partial charge is 0.298 e. The lowest BCUT2D eigenvalue weighted by Crippen LogP contribution is -2.54. The number of rotatable bonds is 4. The van der Waals surface area contributed by atoms with Crippen molar-refractivity contribution in [1.82, 2.24) is 5.32 Å². The molecule has 0 atom stereocenters. The van der Waals surface area contributed by atoms with Crippen LogP contribution in [-0.4, -0.2) is 21.9 Å². The lowest BCUT2D eigenvalue weighted by atomic mass is 10.0. The summed E-state index contributed by atoms with van der Waals surface area (Å²) in [6.07, 6.45) is 1.43. The van der Waals surface area contributed by atoms with E-state index in [2.05, 4.69) is 5.32 Å². The standard InChI is InChI=1S/C21H12ClN3O4S2/c22-12-5-7-13(8-6-12)24-20(27)16(19(26)23-21(24)30)11-18-15(9-10-31-18)14-3-1-2-4-17(14)25(28)29/h1-11H,(H,23,26,30)/b16-11-. The first-order valence-corrected chi connectivity index (χ1v) is 10.5. The van der Waals surface area contributed by atoms with Gasteiger partial charge in [0, 0.05) is 21.5 Å². The monoisotopic (exact) mass is 469 g/mol. The minimum Gasteiger partial charge on any atom is -0.298 e. The van der Waals surface area contributed by atoms with Gasteiger partial charge in [0.25, 0.3) is 17.5 Å². The molecule has 7 nitrogen and oxygen atoms in total. The van der Waals surface area contributed by atoms with Gasteiger partial charge in [0.2, 0.25) is 0 Å². The average Bonchev–Trinajstić information content (AvgIpc) is 3.20. The molecule has 31 heavy (non-hydrogen) atoms. The van der Waals surface area contributed by atoms with E-state index in [1.54, 1.807) is 53.9 Å². The molecule has 10 heteroatoms. The molecule has 2 heterocycles. The number of halogens is 1. The second-order valence-corrected chi connectivity index (χ2v) is 8.18. The molecule has 0 unspecified atom stereocenters. The van der Waals surface area contributed by atoms with Crippen molar-refractivity contribution < 1.29 is 14.5 Å². The van der Waals surface area contributed by atoms with E-state index in [1.807, 2.05) is 0 Å². The molecule has 0 saturated carbocycles. The highest BCUT2D eigenvalue weighted by Crippen LogP contribution is 2.36. The number of anilines is 1. The number of thiocarbonyl (C=S) groups is 1. The zero-order valence-corrected chi connectivity index (χ0v) is 18.0. The van der Waals surface area contributed by atoms with E-state index in [-0.39, 0.29) is 16.4 Å². The van der Waals surface area contributed by atoms with Gasteiger partial charge in [0.05, 0.1) is 16.2 Å². The highest BCUT2D eigenvalue weighted by molar-refractivity contribution is 7.80. The van der Waals surface area contributed by atoms with Crippen molar-refractivity contribution in [2.75, 3.05) is 4.90 Å². The van der Waals surface area contributed by atoms with Crippen LogP contribution in [0.25, 0.3) is 17.2 Å². The maximum atomic E-state index is 13.2. The molecule has 4 rings (SSSR count). The fourth-order valence-electron chi connectivity index (χ4n) is 3.13. The summed E-state index contributed by atoms with van der Waals surface area (Å²) in [4.78, 5) is 38.4. The average molecular weight is 470 g/mol. The fourth-order valence-corrected chi connectivity index (χ4v) is 4.38. The topological polar surface area (TPSA) is 92.6 Å². The Bertz CT molecular complexity index is 1270. The highest BCUT2D eigenvalue weighted by atomic mass is 35.5. The Labute approximate surface area is 190 Å². The van der Waals surface area contributed by atoms with Crippen LogP contribution >= 0.6 is 35.2 Å². The number of nitrogens with zero attached hydrogens (tertiary/aromatic N) is 2. The van der Waals surface area contributed by atoms with Gasteiger partial charge in [-0.2, -0.15) is 0 Å². The lowest BCUT2D eigenvalue weighted by Gasteiger charge is -2.28. The number of carbonyl (C=O) groups excluding carboxylic acids is 2. The predicted octanol–water partition coefficient (Wildman–Crippen LogP) is 4.81. The quantitative estimate of drug-likeness (QED) is 0.195. The smallest absolute Gasteiger partial charge is 0.277 e. The number of amides is 2. The predicted molar refractivity (Wildman–Crippen MR) is 124 cm³/mol. The number of thiophene rings is 1. The number of benzene rings is 2. The molecule has 3 aromatic rings. The van der Waals surface area contributed by atoms with Crippen molar-refractivity contribution >= 4 is 69.5 Å². The maximum Gasteiger partial charge on any atom is 0.277 e. The lowest BCUT2D eigenvalue weighted by molar-refractivity contribution is -0.384. The third-order valence-corrected chi connectivity index (χ3v) is 5.95. The molecule has 0 bridgehead atoms. The van der Waals surface area contributed by atoms with Crippen molar-refractivity contribution in [3.05, 3.63) is 85.6 Å². The molecular formula is C21H12ClN3O4S2. The molecule has 0 radical (unpaired) electrons. The minimum atomic E-state index is -0.637. The van der Waals surface area contributed by atoms with Gasteiger partial charge in [-0.25, -0.2) is 0 Å². The Morgan fingerprint density at radius 1 is 1.06 bits per heavy atom. The van der Waals surface area contributed by atoms with Gasteiger partial charge in [0.15, 0.2) is 5.11 Å². The Hall–Kier alpha value is -3.40. The van der Waals surface area contributed by atoms with Gasteiger partial charge in [-0.05, 0) is 60.1 Å². The Morgan fingerprint density at radius 3 is 2.48 bits per heavy atom. The van der Waals surface area contributed by atoms with E-state index in [0.717, 1.165) is 0 Å². The first kappa shape index (κ1) is 20.9. The van der Waals surface area contributed by atoms with E-state index in [0.29, 0.717) is 26.7 Å². The summed E-state index contributed by atoms with van der Waals surface area (Å²) in [7, 11) is 0. The Morgan fingerprint density at radius 2 is 1.77 bits per heavy atom. The van der Waals surface area contributed by atoms with Crippen molar-refractivity contribution in [2.24, 2.45) is 0 Å². The molecule has 1 aromatic heterocycles. The molecular weight excluding hydrogens is 458 g/mol. The zero-order chi connectivity index (χ0) is 22.1. The van der Waals surface area contributed by atoms with E-state index in [4.69, 9.17) is 23.8 Å². The maximum absolute atomic E-state index is 13.2. The van der Waals surface area contributed by atoms with Crippen molar-refractivity contribution in [2.45, 2.75) is 0 Å². The van der Waals surface area contributed by atoms with Crippen LogP contribution in [0.5, 0.6) is 0 Å². The van der Waals surface area contributed by atoms with Gasteiger partial charge in [-0.3, -0.25) is 29.9 Å². The Balaban J connectivity index is 1.78. The molecule has 0 spiro atoms. The number of para-hydroxylation sites is 1. The molecule has 1 N–H and O–H groups in total. The SMILES string of the molecule is O=C1NC(=S)N(c2ccc(Cl)cc2)C(=O)/C1=C\c1sccc1-c1ccccc1[N+](=O)[O-]. The third kappa shape index (κ3) is 3.98. The number of hydrogen-bond acceptors (Lipinski definition) is 6. The van der Waals surface area contributed by atoms with E-state index >= 15 is 0 Å². The third-order valence-electron chi connectivity index (χ3n) is 4.55. The molecule has 2 aromatic carbocycles. The highest BCUT2D eigenvalue weighted by Gasteiger charge is 2.35. The van der Waals surface area contributed by atoms with Crippen LogP contribution < -0.4 is 10.2 Å². The summed E-state index contributed by atoms with van der Waals surface area (Å²) < 4.78 is 0. The van der Waals surface area contributed by atoms with Crippen LogP contribution in [0.3, 0.4) is 0 Å². The number of nitrogens with one attached hydrogen (secondary N) is 1. The molecule has 1 aliphatic heterocycles. The van der Waals surface area contributed by atoms with E-state index in [1.165, 1.54) is 28.4 Å². The molecule has 1 saturated heterocycles. The minimum absolute atomic E-state index is 0.0421. The first-order chi connectivity index (χ1) is 14.9. The van der Waals surface area contributed by atoms with Gasteiger partial charge >= 0.3 is 0 Å². The van der Waals surface area contributed by atoms with E-state index in [9.17, 15) is 19.7 Å². The summed E-state index contributed by atoms with van der Waals surface area (Å²) in [5.74, 6) is -1.24. The number of nitro groups is 1. The number of carbonyl (C=O) groups is 2. The number of hydrogen-bond donors (Lipinski definition) is 1. The fraction of sp³-hybridized carbons (Fsp3) is 0. The molecule has 0 aliphatic carbocycles. The van der Waals surface area contributed by atoms with Crippen LogP contribution in [0.2, 0.25) is 5.02 Å². The van der Waals surface area contributed by atoms with Gasteiger partial charge in [-0.1, -0.05) is 23.7 Å². The summed E-state index contributed by atoms with van der Waals surface area (Å²) in [6, 6.07) is 14.5. The first-order valence-electron chi connectivity index (χ1n) is 8.85. The van der Waals surface area contributed by atoms with E-state index < -0.39 is 16.7 Å². The summed E-state index contributed by atoms with van der Waals surface area (Å²) in [6.45, 7) is 0. The van der Waals surface area contributed by atoms with Crippen molar-refractivity contribution in [1.29, 1.82) is 0 Å². The van der Waals surface area contributed by atoms with Crippen LogP contribution in [0, 0.1) is 10.1 Å². The summed E-state index contributed by atoms with van der Waals surface area (Å²) in [5, 5.41) is 16.1. The molecule has 154 valence electrons. The second-order valence-electron chi connectivity index (χ2n) is 6.41. The summed E-state index contributed by atoms with van der Waals surface area (Å²) >= 11 is 12.4. The molecule has 1 fully saturated rings. The van der Waals surface area contributed by atoms with Crippen LogP contribution in [-0.2, 0) is 9.59 Å². The zero-order valence-electron chi connectivity index (χ0n) is 15.6. The van der Waals surface area contributed by atoms with Crippen molar-refractivity contribution in [3.8, 4) is 11.1 Å². The molecule has 1 aliphatic rings. The second kappa shape index (κ2) is 8.38. The van der Waals surface area contributed by atoms with Gasteiger partial charge in [-0.15, -0.1) is 11.3 Å². The van der Waals surface area contributed by atoms with Crippen LogP contribution in [0.4, 0.5) is 11.4 Å². The van der Waals surface area contributed by atoms with Crippen LogP contribution in [0.1, 0.15) is 4.88 Å². The summed E-state index contributed by atoms with van der Waals surface area (Å²) in [5.41, 5.74) is 1.20. The molecule has 2 amide bonds. The normalized spacial score (nSPS) is 15.3. The van der Waals surface area contributed by atoms with Gasteiger partial charge in [0.1, 0.15) is 5.57 Å². The van der Waals surface area contributed by atoms with Gasteiger partial charge < -0.3 is 0 Å².